The van der Waals surface area contributed by atoms with Crippen LogP contribution in [0.4, 0.5) is 5.69 Å². The van der Waals surface area contributed by atoms with Gasteiger partial charge in [-0.15, -0.1) is 24.0 Å². The Kier molecular flexibility index (Phi) is 10.3. The van der Waals surface area contributed by atoms with Crippen molar-refractivity contribution in [1.29, 1.82) is 0 Å². The number of para-hydroxylation sites is 1. The molecule has 0 unspecified atom stereocenters. The predicted molar refractivity (Wildman–Crippen MR) is 132 cm³/mol. The third kappa shape index (κ3) is 7.74. The van der Waals surface area contributed by atoms with Crippen LogP contribution in [0.2, 0.25) is 0 Å². The van der Waals surface area contributed by atoms with Crippen molar-refractivity contribution in [3.8, 4) is 5.75 Å². The highest BCUT2D eigenvalue weighted by Gasteiger charge is 2.16. The Balaban J connectivity index is 0.00000320. The summed E-state index contributed by atoms with van der Waals surface area (Å²) in [6.45, 7) is 4.07. The summed E-state index contributed by atoms with van der Waals surface area (Å²) >= 11 is 0. The summed E-state index contributed by atoms with van der Waals surface area (Å²) in [7, 11) is 1.76. The van der Waals surface area contributed by atoms with E-state index in [1.54, 1.807) is 7.05 Å². The molecule has 1 heterocycles. The molecule has 0 saturated carbocycles. The highest BCUT2D eigenvalue weighted by atomic mass is 127. The molecule has 8 heteroatoms. The number of anilines is 1. The van der Waals surface area contributed by atoms with Crippen LogP contribution in [-0.2, 0) is 11.3 Å². The van der Waals surface area contributed by atoms with E-state index >= 15 is 0 Å². The van der Waals surface area contributed by atoms with Crippen LogP contribution in [0.5, 0.6) is 5.75 Å². The van der Waals surface area contributed by atoms with Crippen LogP contribution >= 0.6 is 24.0 Å². The molecule has 0 bridgehead atoms. The van der Waals surface area contributed by atoms with Crippen LogP contribution in [0.25, 0.3) is 0 Å². The molecule has 3 N–H and O–H groups in total. The molecular formula is C22H30IN5O2. The molecule has 0 spiro atoms. The van der Waals surface area contributed by atoms with Crippen molar-refractivity contribution in [1.82, 2.24) is 16.0 Å². The maximum atomic E-state index is 11.5. The molecular weight excluding hydrogens is 493 g/mol. The first-order valence-electron chi connectivity index (χ1n) is 9.97. The van der Waals surface area contributed by atoms with Crippen molar-refractivity contribution in [2.45, 2.75) is 13.0 Å². The van der Waals surface area contributed by atoms with Gasteiger partial charge in [0.25, 0.3) is 0 Å². The van der Waals surface area contributed by atoms with Gasteiger partial charge in [-0.1, -0.05) is 30.3 Å². The number of hydrogen-bond donors (Lipinski definition) is 3. The van der Waals surface area contributed by atoms with Gasteiger partial charge in [-0.3, -0.25) is 9.79 Å². The molecule has 7 nitrogen and oxygen atoms in total. The van der Waals surface area contributed by atoms with E-state index in [-0.39, 0.29) is 29.9 Å². The molecule has 0 aromatic heterocycles. The lowest BCUT2D eigenvalue weighted by Crippen LogP contribution is -2.47. The minimum Gasteiger partial charge on any atom is -0.494 e. The van der Waals surface area contributed by atoms with Crippen LogP contribution in [0.1, 0.15) is 12.0 Å². The topological polar surface area (TPSA) is 78.0 Å². The predicted octanol–water partition coefficient (Wildman–Crippen LogP) is 2.37. The Morgan fingerprint density at radius 3 is 2.60 bits per heavy atom. The zero-order chi connectivity index (χ0) is 20.3. The monoisotopic (exact) mass is 523 g/mol. The van der Waals surface area contributed by atoms with Gasteiger partial charge in [-0.05, 0) is 36.2 Å². The SMILES string of the molecule is CN=C(NCCCOc1ccccc1)NCc1ccc(N2CCNC(=O)C2)cc1.I. The summed E-state index contributed by atoms with van der Waals surface area (Å²) in [5.74, 6) is 1.73. The van der Waals surface area contributed by atoms with Gasteiger partial charge >= 0.3 is 0 Å². The number of guanidine groups is 1. The smallest absolute Gasteiger partial charge is 0.239 e. The Labute approximate surface area is 195 Å². The Bertz CT molecular complexity index is 799. The molecule has 1 saturated heterocycles. The third-order valence-corrected chi connectivity index (χ3v) is 4.65. The molecule has 3 rings (SSSR count). The van der Waals surface area contributed by atoms with E-state index in [4.69, 9.17) is 4.74 Å². The maximum absolute atomic E-state index is 11.5. The number of nitrogens with one attached hydrogen (secondary N) is 3. The normalized spacial score (nSPS) is 13.8. The summed E-state index contributed by atoms with van der Waals surface area (Å²) in [5.41, 5.74) is 2.23. The van der Waals surface area contributed by atoms with Crippen LogP contribution in [0, 0.1) is 0 Å². The molecule has 1 aliphatic heterocycles. The molecule has 2 aromatic carbocycles. The maximum Gasteiger partial charge on any atom is 0.239 e. The molecule has 0 radical (unpaired) electrons. The van der Waals surface area contributed by atoms with Gasteiger partial charge in [-0.25, -0.2) is 0 Å². The minimum atomic E-state index is 0. The zero-order valence-corrected chi connectivity index (χ0v) is 19.6. The number of benzene rings is 2. The molecule has 0 aliphatic carbocycles. The zero-order valence-electron chi connectivity index (χ0n) is 17.3. The minimum absolute atomic E-state index is 0. The number of amides is 1. The molecule has 1 fully saturated rings. The first kappa shape index (κ1) is 23.8. The summed E-state index contributed by atoms with van der Waals surface area (Å²) in [6, 6.07) is 18.1. The molecule has 162 valence electrons. The van der Waals surface area contributed by atoms with E-state index in [0.29, 0.717) is 26.2 Å². The van der Waals surface area contributed by atoms with Gasteiger partial charge < -0.3 is 25.6 Å². The summed E-state index contributed by atoms with van der Waals surface area (Å²) < 4.78 is 5.69. The van der Waals surface area contributed by atoms with Gasteiger partial charge in [-0.2, -0.15) is 0 Å². The number of halogens is 1. The van der Waals surface area contributed by atoms with E-state index in [9.17, 15) is 4.79 Å². The van der Waals surface area contributed by atoms with Crippen LogP contribution < -0.4 is 25.6 Å². The summed E-state index contributed by atoms with van der Waals surface area (Å²) in [4.78, 5) is 17.9. The fourth-order valence-corrected chi connectivity index (χ4v) is 3.08. The van der Waals surface area contributed by atoms with Crippen molar-refractivity contribution in [2.24, 2.45) is 4.99 Å². The highest BCUT2D eigenvalue weighted by molar-refractivity contribution is 14.0. The second-order valence-corrected chi connectivity index (χ2v) is 6.81. The summed E-state index contributed by atoms with van der Waals surface area (Å²) in [5, 5.41) is 9.47. The first-order valence-corrected chi connectivity index (χ1v) is 9.97. The number of carbonyl (C=O) groups is 1. The number of carbonyl (C=O) groups excluding carboxylic acids is 1. The van der Waals surface area contributed by atoms with Crippen LogP contribution in [-0.4, -0.2) is 51.7 Å². The second-order valence-electron chi connectivity index (χ2n) is 6.81. The van der Waals surface area contributed by atoms with Gasteiger partial charge in [0.15, 0.2) is 5.96 Å². The third-order valence-electron chi connectivity index (χ3n) is 4.65. The fourth-order valence-electron chi connectivity index (χ4n) is 3.08. The molecule has 1 aliphatic rings. The van der Waals surface area contributed by atoms with Gasteiger partial charge in [0.05, 0.1) is 13.2 Å². The van der Waals surface area contributed by atoms with Crippen molar-refractivity contribution >= 4 is 41.5 Å². The van der Waals surface area contributed by atoms with E-state index < -0.39 is 0 Å². The number of rotatable bonds is 8. The van der Waals surface area contributed by atoms with E-state index in [1.807, 2.05) is 30.3 Å². The lowest BCUT2D eigenvalue weighted by molar-refractivity contribution is -0.120. The Morgan fingerprint density at radius 2 is 1.90 bits per heavy atom. The van der Waals surface area contributed by atoms with Crippen LogP contribution in [0.3, 0.4) is 0 Å². The largest absolute Gasteiger partial charge is 0.494 e. The van der Waals surface area contributed by atoms with E-state index in [1.165, 1.54) is 0 Å². The lowest BCUT2D eigenvalue weighted by atomic mass is 10.2. The van der Waals surface area contributed by atoms with Gasteiger partial charge in [0.2, 0.25) is 5.91 Å². The number of nitrogens with zero attached hydrogens (tertiary/aromatic N) is 2. The van der Waals surface area contributed by atoms with Crippen molar-refractivity contribution in [3.05, 3.63) is 60.2 Å². The fraction of sp³-hybridized carbons (Fsp3) is 0.364. The van der Waals surface area contributed by atoms with Crippen molar-refractivity contribution in [3.63, 3.8) is 0 Å². The van der Waals surface area contributed by atoms with E-state index in [0.717, 1.165) is 42.5 Å². The molecule has 0 atom stereocenters. The quantitative estimate of drug-likeness (QED) is 0.215. The van der Waals surface area contributed by atoms with Gasteiger partial charge in [0.1, 0.15) is 5.75 Å². The number of hydrogen-bond acceptors (Lipinski definition) is 4. The van der Waals surface area contributed by atoms with Gasteiger partial charge in [0, 0.05) is 38.9 Å². The van der Waals surface area contributed by atoms with Crippen molar-refractivity contribution < 1.29 is 9.53 Å². The second kappa shape index (κ2) is 12.9. The number of piperazine rings is 1. The number of ether oxygens (including phenoxy) is 1. The Hall–Kier alpha value is -2.49. The summed E-state index contributed by atoms with van der Waals surface area (Å²) in [6.07, 6.45) is 0.883. The van der Waals surface area contributed by atoms with E-state index in [2.05, 4.69) is 50.1 Å². The molecule has 2 aromatic rings. The van der Waals surface area contributed by atoms with Crippen LogP contribution in [0.15, 0.2) is 59.6 Å². The Morgan fingerprint density at radius 1 is 1.13 bits per heavy atom. The lowest BCUT2D eigenvalue weighted by Gasteiger charge is -2.28. The average Bonchev–Trinajstić information content (AvgIpc) is 2.77. The standard InChI is InChI=1S/C22H29N5O2.HI/c1-23-22(25-12-5-15-29-20-6-3-2-4-7-20)26-16-18-8-10-19(11-9-18)27-14-13-24-21(28)17-27;/h2-4,6-11H,5,12-17H2,1H3,(H,24,28)(H2,23,25,26);1H. The number of aliphatic imine (C=N–C) groups is 1. The molecule has 30 heavy (non-hydrogen) atoms. The van der Waals surface area contributed by atoms with Crippen molar-refractivity contribution in [2.75, 3.05) is 44.7 Å². The average molecular weight is 523 g/mol. The first-order chi connectivity index (χ1) is 14.2. The molecule has 1 amide bonds. The highest BCUT2D eigenvalue weighted by Crippen LogP contribution is 2.16.